The second-order valence-electron chi connectivity index (χ2n) is 8.73. The monoisotopic (exact) mass is 565 g/mol. The van der Waals surface area contributed by atoms with Gasteiger partial charge in [0.25, 0.3) is 5.60 Å². The van der Waals surface area contributed by atoms with Crippen molar-refractivity contribution in [2.75, 3.05) is 17.8 Å². The molecule has 35 heavy (non-hydrogen) atoms. The Morgan fingerprint density at radius 2 is 1.80 bits per heavy atom. The number of oxime groups is 1. The van der Waals surface area contributed by atoms with Crippen molar-refractivity contribution in [3.05, 3.63) is 68.7 Å². The Labute approximate surface area is 214 Å². The third kappa shape index (κ3) is 4.82. The first-order chi connectivity index (χ1) is 16.2. The van der Waals surface area contributed by atoms with Crippen molar-refractivity contribution in [3.8, 4) is 0 Å². The molecule has 4 rings (SSSR count). The van der Waals surface area contributed by atoms with Gasteiger partial charge in [0.15, 0.2) is 20.9 Å². The van der Waals surface area contributed by atoms with E-state index in [1.807, 2.05) is 0 Å². The summed E-state index contributed by atoms with van der Waals surface area (Å²) in [5.41, 5.74) is -3.33. The highest BCUT2D eigenvalue weighted by Crippen LogP contribution is 2.52. The summed E-state index contributed by atoms with van der Waals surface area (Å²) in [6, 6.07) is 7.50. The zero-order chi connectivity index (χ0) is 25.8. The van der Waals surface area contributed by atoms with Gasteiger partial charge in [-0.2, -0.15) is 24.9 Å². The molecular weight excluding hydrogens is 546 g/mol. The lowest BCUT2D eigenvalue weighted by atomic mass is 9.85. The van der Waals surface area contributed by atoms with Gasteiger partial charge >= 0.3 is 6.18 Å². The number of alkyl halides is 3. The predicted octanol–water partition coefficient (Wildman–Crippen LogP) is 5.84. The van der Waals surface area contributed by atoms with Crippen molar-refractivity contribution in [2.45, 2.75) is 30.4 Å². The molecule has 0 amide bonds. The van der Waals surface area contributed by atoms with Crippen LogP contribution in [-0.4, -0.2) is 49.1 Å². The van der Waals surface area contributed by atoms with E-state index in [2.05, 4.69) is 5.16 Å². The summed E-state index contributed by atoms with van der Waals surface area (Å²) < 4.78 is 69.7. The van der Waals surface area contributed by atoms with Crippen molar-refractivity contribution in [1.82, 2.24) is 0 Å². The number of nitrogens with zero attached hydrogens (tertiary/aromatic N) is 1. The van der Waals surface area contributed by atoms with E-state index in [1.165, 1.54) is 24.3 Å². The van der Waals surface area contributed by atoms with Crippen LogP contribution >= 0.6 is 35.0 Å². The van der Waals surface area contributed by atoms with Gasteiger partial charge in [-0.3, -0.25) is 4.79 Å². The number of hydrogen-bond acceptors (Lipinski definition) is 6. The first-order valence-corrected chi connectivity index (χ1v) is 14.3. The standard InChI is InChI=1S/C23H20Cl2F3NO4S2/c1-12-5-14(3-4-18(12)19(30)6-13-10-34-11-13)20-21(35(2,31)32)22(33-29-20,23(26,27)28)15-7-16(24)9-17(25)8-15/h3-5,7-9,13,21H,6,10-11H2,1-2H3. The third-order valence-corrected chi connectivity index (χ3v) is 9.31. The van der Waals surface area contributed by atoms with Gasteiger partial charge in [-0.1, -0.05) is 40.5 Å². The molecule has 188 valence electrons. The maximum Gasteiger partial charge on any atom is 0.437 e. The number of halogens is 5. The van der Waals surface area contributed by atoms with E-state index in [4.69, 9.17) is 28.0 Å². The Balaban J connectivity index is 1.80. The Hall–Kier alpha value is -1.75. The van der Waals surface area contributed by atoms with Crippen molar-refractivity contribution < 1.29 is 31.2 Å². The number of carbonyl (C=O) groups excluding carboxylic acids is 1. The number of benzene rings is 2. The predicted molar refractivity (Wildman–Crippen MR) is 131 cm³/mol. The topological polar surface area (TPSA) is 72.8 Å². The number of ketones is 1. The Morgan fingerprint density at radius 1 is 1.17 bits per heavy atom. The summed E-state index contributed by atoms with van der Waals surface area (Å²) in [6.07, 6.45) is -4.13. The maximum absolute atomic E-state index is 14.6. The molecular formula is C23H20Cl2F3NO4S2. The quantitative estimate of drug-likeness (QED) is 0.411. The summed E-state index contributed by atoms with van der Waals surface area (Å²) in [4.78, 5) is 17.7. The molecule has 0 N–H and O–H groups in total. The molecule has 2 aliphatic heterocycles. The highest BCUT2D eigenvalue weighted by Gasteiger charge is 2.71. The fourth-order valence-electron chi connectivity index (χ4n) is 4.36. The molecule has 0 bridgehead atoms. The number of sulfone groups is 1. The summed E-state index contributed by atoms with van der Waals surface area (Å²) in [6.45, 7) is 1.64. The second-order valence-corrected chi connectivity index (χ2v) is 12.8. The van der Waals surface area contributed by atoms with Gasteiger partial charge in [-0.15, -0.1) is 0 Å². The van der Waals surface area contributed by atoms with Crippen LogP contribution in [0.2, 0.25) is 10.0 Å². The van der Waals surface area contributed by atoms with E-state index < -0.39 is 38.1 Å². The summed E-state index contributed by atoms with van der Waals surface area (Å²) in [5, 5.41) is 1.16. The molecule has 2 aliphatic rings. The van der Waals surface area contributed by atoms with Crippen LogP contribution in [0, 0.1) is 12.8 Å². The Kier molecular flexibility index (Phi) is 6.98. The van der Waals surface area contributed by atoms with Gasteiger partial charge in [0, 0.05) is 39.4 Å². The average Bonchev–Trinajstić information content (AvgIpc) is 3.12. The van der Waals surface area contributed by atoms with Gasteiger partial charge < -0.3 is 4.84 Å². The molecule has 0 aromatic heterocycles. The number of carbonyl (C=O) groups is 1. The van der Waals surface area contributed by atoms with E-state index >= 15 is 0 Å². The van der Waals surface area contributed by atoms with E-state index in [9.17, 15) is 26.4 Å². The van der Waals surface area contributed by atoms with Crippen molar-refractivity contribution in [1.29, 1.82) is 0 Å². The molecule has 0 aliphatic carbocycles. The van der Waals surface area contributed by atoms with Crippen LogP contribution in [0.25, 0.3) is 0 Å². The SMILES string of the molecule is Cc1cc(C2=NOC(c3cc(Cl)cc(Cl)c3)(C(F)(F)F)C2S(C)(=O)=O)ccc1C(=O)CC1CSC1. The Bertz CT molecular complexity index is 1310. The van der Waals surface area contributed by atoms with Gasteiger partial charge in [-0.25, -0.2) is 8.42 Å². The number of aryl methyl sites for hydroxylation is 1. The molecule has 0 saturated carbocycles. The number of hydrogen-bond donors (Lipinski definition) is 0. The van der Waals surface area contributed by atoms with Crippen LogP contribution in [0.4, 0.5) is 13.2 Å². The van der Waals surface area contributed by atoms with E-state index in [1.54, 1.807) is 18.7 Å². The van der Waals surface area contributed by atoms with Crippen molar-refractivity contribution >= 4 is 56.3 Å². The van der Waals surface area contributed by atoms with Gasteiger partial charge in [-0.05, 0) is 54.2 Å². The van der Waals surface area contributed by atoms with Crippen LogP contribution in [0.15, 0.2) is 41.6 Å². The average molecular weight is 566 g/mol. The van der Waals surface area contributed by atoms with Gasteiger partial charge in [0.1, 0.15) is 5.71 Å². The van der Waals surface area contributed by atoms with Crippen molar-refractivity contribution in [3.63, 3.8) is 0 Å². The van der Waals surface area contributed by atoms with Crippen LogP contribution in [0.1, 0.15) is 33.5 Å². The molecule has 12 heteroatoms. The molecule has 2 heterocycles. The molecule has 2 aromatic rings. The lowest BCUT2D eigenvalue weighted by Gasteiger charge is -2.34. The van der Waals surface area contributed by atoms with Crippen LogP contribution in [-0.2, 0) is 20.3 Å². The lowest BCUT2D eigenvalue weighted by Crippen LogP contribution is -2.55. The maximum atomic E-state index is 14.6. The fourth-order valence-corrected chi connectivity index (χ4v) is 7.20. The zero-order valence-electron chi connectivity index (χ0n) is 18.5. The molecule has 2 aromatic carbocycles. The number of Topliss-reactive ketones (excluding diaryl/α,β-unsaturated/α-hetero) is 1. The minimum Gasteiger partial charge on any atom is -0.372 e. The fraction of sp³-hybridized carbons (Fsp3) is 0.391. The van der Waals surface area contributed by atoms with E-state index in [0.29, 0.717) is 29.7 Å². The van der Waals surface area contributed by atoms with Crippen LogP contribution in [0.3, 0.4) is 0 Å². The Morgan fingerprint density at radius 3 is 2.29 bits per heavy atom. The smallest absolute Gasteiger partial charge is 0.372 e. The minimum atomic E-state index is -5.20. The van der Waals surface area contributed by atoms with Crippen molar-refractivity contribution in [2.24, 2.45) is 11.1 Å². The molecule has 1 saturated heterocycles. The highest BCUT2D eigenvalue weighted by molar-refractivity contribution is 8.00. The zero-order valence-corrected chi connectivity index (χ0v) is 21.7. The third-order valence-electron chi connectivity index (χ3n) is 6.05. The summed E-state index contributed by atoms with van der Waals surface area (Å²) >= 11 is 13.7. The first kappa shape index (κ1) is 26.3. The minimum absolute atomic E-state index is 0.0677. The summed E-state index contributed by atoms with van der Waals surface area (Å²) in [7, 11) is -4.45. The molecule has 2 unspecified atom stereocenters. The number of thioether (sulfide) groups is 1. The molecule has 0 spiro atoms. The second kappa shape index (κ2) is 9.28. The number of rotatable bonds is 6. The van der Waals surface area contributed by atoms with E-state index in [-0.39, 0.29) is 21.4 Å². The van der Waals surface area contributed by atoms with E-state index in [0.717, 1.165) is 23.6 Å². The molecule has 0 radical (unpaired) electrons. The first-order valence-electron chi connectivity index (χ1n) is 10.4. The van der Waals surface area contributed by atoms with Gasteiger partial charge in [0.05, 0.1) is 0 Å². The molecule has 2 atom stereocenters. The van der Waals surface area contributed by atoms with Gasteiger partial charge in [0.2, 0.25) is 0 Å². The van der Waals surface area contributed by atoms with Crippen LogP contribution < -0.4 is 0 Å². The largest absolute Gasteiger partial charge is 0.437 e. The van der Waals surface area contributed by atoms with Crippen LogP contribution in [0.5, 0.6) is 0 Å². The lowest BCUT2D eigenvalue weighted by molar-refractivity contribution is -0.274. The molecule has 5 nitrogen and oxygen atoms in total. The summed E-state index contributed by atoms with van der Waals surface area (Å²) in [5.74, 6) is 2.08. The molecule has 1 fully saturated rings. The highest BCUT2D eigenvalue weighted by atomic mass is 35.5. The normalized spacial score (nSPS) is 22.9.